The standard InChI is InChI=1S/C10H15N5O/c1-2-3-12-10(16)15-5-7-4-13-9(11)14-8(7)6-15/h4H,2-3,5-6H2,1H3,(H,12,16)(H2,11,13,14). The molecule has 0 fully saturated rings. The van der Waals surface area contributed by atoms with Crippen LogP contribution in [0.3, 0.4) is 0 Å². The Bertz CT molecular complexity index is 406. The summed E-state index contributed by atoms with van der Waals surface area (Å²) in [5, 5.41) is 2.83. The predicted molar refractivity (Wildman–Crippen MR) is 59.4 cm³/mol. The van der Waals surface area contributed by atoms with Gasteiger partial charge in [-0.25, -0.2) is 14.8 Å². The minimum absolute atomic E-state index is 0.0570. The molecule has 3 N–H and O–H groups in total. The van der Waals surface area contributed by atoms with Gasteiger partial charge in [0.15, 0.2) is 0 Å². The molecule has 0 saturated carbocycles. The van der Waals surface area contributed by atoms with Gasteiger partial charge in [0.05, 0.1) is 18.8 Å². The van der Waals surface area contributed by atoms with Gasteiger partial charge < -0.3 is 16.0 Å². The van der Waals surface area contributed by atoms with E-state index < -0.39 is 0 Å². The number of nitrogen functional groups attached to an aromatic ring is 1. The van der Waals surface area contributed by atoms with Gasteiger partial charge in [-0.1, -0.05) is 6.92 Å². The second kappa shape index (κ2) is 4.34. The number of hydrogen-bond acceptors (Lipinski definition) is 4. The third-order valence-electron chi connectivity index (χ3n) is 2.49. The van der Waals surface area contributed by atoms with Crippen LogP contribution in [0.2, 0.25) is 0 Å². The molecular weight excluding hydrogens is 206 g/mol. The Balaban J connectivity index is 2.02. The number of carbonyl (C=O) groups excluding carboxylic acids is 1. The molecule has 0 spiro atoms. The zero-order valence-electron chi connectivity index (χ0n) is 9.23. The molecule has 1 aromatic rings. The van der Waals surface area contributed by atoms with Gasteiger partial charge in [-0.3, -0.25) is 0 Å². The fraction of sp³-hybridized carbons (Fsp3) is 0.500. The van der Waals surface area contributed by atoms with Crippen LogP contribution in [0, 0.1) is 0 Å². The molecule has 1 aliphatic heterocycles. The number of aromatic nitrogens is 2. The van der Waals surface area contributed by atoms with Gasteiger partial charge in [0, 0.05) is 18.3 Å². The van der Waals surface area contributed by atoms with Crippen LogP contribution in [-0.4, -0.2) is 27.4 Å². The summed E-state index contributed by atoms with van der Waals surface area (Å²) in [6, 6.07) is -0.0570. The lowest BCUT2D eigenvalue weighted by Gasteiger charge is -2.15. The monoisotopic (exact) mass is 221 g/mol. The van der Waals surface area contributed by atoms with Crippen molar-refractivity contribution in [1.82, 2.24) is 20.2 Å². The number of nitrogens with zero attached hydrogens (tertiary/aromatic N) is 3. The lowest BCUT2D eigenvalue weighted by Crippen LogP contribution is -2.36. The highest BCUT2D eigenvalue weighted by atomic mass is 16.2. The van der Waals surface area contributed by atoms with E-state index in [4.69, 9.17) is 5.73 Å². The summed E-state index contributed by atoms with van der Waals surface area (Å²) in [6.07, 6.45) is 2.62. The summed E-state index contributed by atoms with van der Waals surface area (Å²) in [5.41, 5.74) is 7.31. The maximum Gasteiger partial charge on any atom is 0.318 e. The molecule has 16 heavy (non-hydrogen) atoms. The molecule has 1 aromatic heterocycles. The second-order valence-electron chi connectivity index (χ2n) is 3.79. The van der Waals surface area contributed by atoms with Gasteiger partial charge in [-0.15, -0.1) is 0 Å². The Kier molecular flexibility index (Phi) is 2.89. The average molecular weight is 221 g/mol. The smallest absolute Gasteiger partial charge is 0.318 e. The molecule has 1 aliphatic rings. The highest BCUT2D eigenvalue weighted by Gasteiger charge is 2.24. The normalized spacial score (nSPS) is 13.7. The van der Waals surface area contributed by atoms with Crippen LogP contribution >= 0.6 is 0 Å². The predicted octanol–water partition coefficient (Wildman–Crippen LogP) is 0.494. The van der Waals surface area contributed by atoms with Gasteiger partial charge in [0.25, 0.3) is 0 Å². The number of rotatable bonds is 2. The number of anilines is 1. The van der Waals surface area contributed by atoms with Gasteiger partial charge in [0.2, 0.25) is 5.95 Å². The zero-order chi connectivity index (χ0) is 11.5. The Morgan fingerprint density at radius 2 is 2.44 bits per heavy atom. The third-order valence-corrected chi connectivity index (χ3v) is 2.49. The first-order chi connectivity index (χ1) is 7.70. The van der Waals surface area contributed by atoms with Crippen molar-refractivity contribution < 1.29 is 4.79 Å². The van der Waals surface area contributed by atoms with E-state index in [9.17, 15) is 4.79 Å². The van der Waals surface area contributed by atoms with E-state index >= 15 is 0 Å². The Hall–Kier alpha value is -1.85. The largest absolute Gasteiger partial charge is 0.368 e. The molecular formula is C10H15N5O. The molecule has 0 radical (unpaired) electrons. The lowest BCUT2D eigenvalue weighted by atomic mass is 10.3. The molecule has 6 heteroatoms. The maximum absolute atomic E-state index is 11.7. The molecule has 0 atom stereocenters. The third kappa shape index (κ3) is 2.05. The summed E-state index contributed by atoms with van der Waals surface area (Å²) in [5.74, 6) is 0.259. The molecule has 0 unspecified atom stereocenters. The van der Waals surface area contributed by atoms with Crippen LogP contribution in [0.25, 0.3) is 0 Å². The number of carbonyl (C=O) groups is 1. The number of fused-ring (bicyclic) bond motifs is 1. The van der Waals surface area contributed by atoms with Crippen LogP contribution in [0.4, 0.5) is 10.7 Å². The minimum Gasteiger partial charge on any atom is -0.368 e. The van der Waals surface area contributed by atoms with Gasteiger partial charge in [-0.2, -0.15) is 0 Å². The van der Waals surface area contributed by atoms with Gasteiger partial charge >= 0.3 is 6.03 Å². The molecule has 6 nitrogen and oxygen atoms in total. The van der Waals surface area contributed by atoms with Crippen molar-refractivity contribution in [3.05, 3.63) is 17.5 Å². The Labute approximate surface area is 93.9 Å². The molecule has 0 bridgehead atoms. The number of hydrogen-bond donors (Lipinski definition) is 2. The van der Waals surface area contributed by atoms with Crippen molar-refractivity contribution in [2.45, 2.75) is 26.4 Å². The van der Waals surface area contributed by atoms with E-state index in [1.54, 1.807) is 11.1 Å². The molecule has 2 amide bonds. The fourth-order valence-corrected chi connectivity index (χ4v) is 1.66. The minimum atomic E-state index is -0.0570. The van der Waals surface area contributed by atoms with Crippen molar-refractivity contribution in [2.75, 3.05) is 12.3 Å². The molecule has 0 saturated heterocycles. The van der Waals surface area contributed by atoms with Crippen molar-refractivity contribution in [2.24, 2.45) is 0 Å². The zero-order valence-corrected chi connectivity index (χ0v) is 9.23. The number of amides is 2. The van der Waals surface area contributed by atoms with E-state index in [2.05, 4.69) is 15.3 Å². The SMILES string of the molecule is CCCNC(=O)N1Cc2cnc(N)nc2C1. The molecule has 2 rings (SSSR count). The lowest BCUT2D eigenvalue weighted by molar-refractivity contribution is 0.198. The van der Waals surface area contributed by atoms with E-state index in [-0.39, 0.29) is 12.0 Å². The second-order valence-corrected chi connectivity index (χ2v) is 3.79. The highest BCUT2D eigenvalue weighted by Crippen LogP contribution is 2.20. The highest BCUT2D eigenvalue weighted by molar-refractivity contribution is 5.74. The van der Waals surface area contributed by atoms with Crippen molar-refractivity contribution in [3.8, 4) is 0 Å². The molecule has 86 valence electrons. The number of nitrogens with two attached hydrogens (primary N) is 1. The summed E-state index contributed by atoms with van der Waals surface area (Å²) in [7, 11) is 0. The van der Waals surface area contributed by atoms with Crippen LogP contribution in [0.1, 0.15) is 24.6 Å². The summed E-state index contributed by atoms with van der Waals surface area (Å²) < 4.78 is 0. The first kappa shape index (κ1) is 10.7. The van der Waals surface area contributed by atoms with Crippen molar-refractivity contribution in [1.29, 1.82) is 0 Å². The first-order valence-corrected chi connectivity index (χ1v) is 5.33. The van der Waals surface area contributed by atoms with Crippen LogP contribution in [0.5, 0.6) is 0 Å². The maximum atomic E-state index is 11.7. The van der Waals surface area contributed by atoms with Gasteiger partial charge in [0.1, 0.15) is 0 Å². The quantitative estimate of drug-likeness (QED) is 0.761. The van der Waals surface area contributed by atoms with Crippen molar-refractivity contribution in [3.63, 3.8) is 0 Å². The summed E-state index contributed by atoms with van der Waals surface area (Å²) in [4.78, 5) is 21.4. The van der Waals surface area contributed by atoms with Crippen LogP contribution in [0.15, 0.2) is 6.20 Å². The summed E-state index contributed by atoms with van der Waals surface area (Å²) in [6.45, 7) is 3.79. The first-order valence-electron chi connectivity index (χ1n) is 5.33. The molecule has 0 aromatic carbocycles. The van der Waals surface area contributed by atoms with E-state index in [1.165, 1.54) is 0 Å². The van der Waals surface area contributed by atoms with Gasteiger partial charge in [-0.05, 0) is 6.42 Å². The topological polar surface area (TPSA) is 84.1 Å². The Morgan fingerprint density at radius 1 is 1.62 bits per heavy atom. The number of nitrogens with one attached hydrogen (secondary N) is 1. The fourth-order valence-electron chi connectivity index (χ4n) is 1.66. The van der Waals surface area contributed by atoms with Crippen LogP contribution < -0.4 is 11.1 Å². The van der Waals surface area contributed by atoms with E-state index in [1.807, 2.05) is 6.92 Å². The molecule has 2 heterocycles. The Morgan fingerprint density at radius 3 is 3.19 bits per heavy atom. The van der Waals surface area contributed by atoms with Crippen LogP contribution in [-0.2, 0) is 13.1 Å². The average Bonchev–Trinajstić information content (AvgIpc) is 2.68. The summed E-state index contributed by atoms with van der Waals surface area (Å²) >= 11 is 0. The molecule has 0 aliphatic carbocycles. The number of urea groups is 1. The van der Waals surface area contributed by atoms with E-state index in [0.29, 0.717) is 19.6 Å². The van der Waals surface area contributed by atoms with Crippen molar-refractivity contribution >= 4 is 12.0 Å². The van der Waals surface area contributed by atoms with E-state index in [0.717, 1.165) is 17.7 Å².